The third kappa shape index (κ3) is 2.84. The number of pyridine rings is 2. The fourth-order valence-electron chi connectivity index (χ4n) is 3.39. The summed E-state index contributed by atoms with van der Waals surface area (Å²) in [7, 11) is 0. The Labute approximate surface area is 154 Å². The van der Waals surface area contributed by atoms with Gasteiger partial charge >= 0.3 is 0 Å². The van der Waals surface area contributed by atoms with E-state index in [0.717, 1.165) is 35.9 Å². The lowest BCUT2D eigenvalue weighted by molar-refractivity contribution is 0.331. The van der Waals surface area contributed by atoms with E-state index in [4.69, 9.17) is 0 Å². The summed E-state index contributed by atoms with van der Waals surface area (Å²) >= 11 is 0. The first-order valence-corrected chi connectivity index (χ1v) is 8.81. The molecule has 4 aromatic heterocycles. The monoisotopic (exact) mass is 359 g/mol. The molecule has 0 atom stereocenters. The summed E-state index contributed by atoms with van der Waals surface area (Å²) in [4.78, 5) is 18.4. The first-order valence-electron chi connectivity index (χ1n) is 8.81. The van der Waals surface area contributed by atoms with Crippen LogP contribution in [0.2, 0.25) is 0 Å². The first kappa shape index (κ1) is 15.7. The average molecular weight is 359 g/mol. The Morgan fingerprint density at radius 1 is 1.00 bits per heavy atom. The van der Waals surface area contributed by atoms with Gasteiger partial charge in [0, 0.05) is 49.2 Å². The van der Waals surface area contributed by atoms with Crippen LogP contribution in [0.25, 0.3) is 16.9 Å². The molecule has 0 N–H and O–H groups in total. The second-order valence-electron chi connectivity index (χ2n) is 6.67. The summed E-state index contributed by atoms with van der Waals surface area (Å²) < 4.78 is 3.53. The van der Waals surface area contributed by atoms with Crippen molar-refractivity contribution in [2.45, 2.75) is 6.54 Å². The third-order valence-electron chi connectivity index (χ3n) is 4.81. The SMILES string of the molecule is O=c1ccc(-c2ccncc2)nn1CC1CN(c2nnc3ccccn23)C1. The number of rotatable bonds is 4. The largest absolute Gasteiger partial charge is 0.340 e. The van der Waals surface area contributed by atoms with Gasteiger partial charge in [-0.05, 0) is 30.3 Å². The van der Waals surface area contributed by atoms with Crippen LogP contribution in [0.15, 0.2) is 65.8 Å². The van der Waals surface area contributed by atoms with Crippen LogP contribution < -0.4 is 10.5 Å². The van der Waals surface area contributed by atoms with E-state index in [-0.39, 0.29) is 5.56 Å². The summed E-state index contributed by atoms with van der Waals surface area (Å²) in [5.41, 5.74) is 2.47. The summed E-state index contributed by atoms with van der Waals surface area (Å²) in [5, 5.41) is 13.0. The smallest absolute Gasteiger partial charge is 0.266 e. The molecule has 0 spiro atoms. The van der Waals surface area contributed by atoms with Gasteiger partial charge in [0.25, 0.3) is 5.56 Å². The fraction of sp³-hybridized carbons (Fsp3) is 0.211. The Bertz CT molecular complexity index is 1150. The maximum atomic E-state index is 12.2. The van der Waals surface area contributed by atoms with Crippen molar-refractivity contribution in [3.05, 3.63) is 71.4 Å². The summed E-state index contributed by atoms with van der Waals surface area (Å²) in [5.74, 6) is 1.19. The van der Waals surface area contributed by atoms with E-state index >= 15 is 0 Å². The van der Waals surface area contributed by atoms with E-state index in [9.17, 15) is 4.79 Å². The van der Waals surface area contributed by atoms with Crippen molar-refractivity contribution in [1.29, 1.82) is 0 Å². The number of aromatic nitrogens is 6. The zero-order valence-electron chi connectivity index (χ0n) is 14.5. The van der Waals surface area contributed by atoms with Gasteiger partial charge in [0.15, 0.2) is 5.65 Å². The molecular weight excluding hydrogens is 342 g/mol. The van der Waals surface area contributed by atoms with Gasteiger partial charge in [0.05, 0.1) is 12.2 Å². The maximum Gasteiger partial charge on any atom is 0.266 e. The predicted molar refractivity (Wildman–Crippen MR) is 100 cm³/mol. The molecular formula is C19H17N7O. The quantitative estimate of drug-likeness (QED) is 0.549. The van der Waals surface area contributed by atoms with E-state index in [1.54, 1.807) is 29.2 Å². The van der Waals surface area contributed by atoms with Gasteiger partial charge in [-0.25, -0.2) is 4.68 Å². The number of hydrogen-bond acceptors (Lipinski definition) is 6. The van der Waals surface area contributed by atoms with Crippen molar-refractivity contribution >= 4 is 11.6 Å². The van der Waals surface area contributed by atoms with Gasteiger partial charge in [0.1, 0.15) is 0 Å². The van der Waals surface area contributed by atoms with Crippen molar-refractivity contribution in [2.75, 3.05) is 18.0 Å². The number of fused-ring (bicyclic) bond motifs is 1. The van der Waals surface area contributed by atoms with E-state index in [1.165, 1.54) is 0 Å². The third-order valence-corrected chi connectivity index (χ3v) is 4.81. The minimum atomic E-state index is -0.0841. The normalized spacial score (nSPS) is 14.4. The van der Waals surface area contributed by atoms with Gasteiger partial charge in [-0.3, -0.25) is 14.2 Å². The van der Waals surface area contributed by atoms with Crippen LogP contribution >= 0.6 is 0 Å². The molecule has 0 amide bonds. The highest BCUT2D eigenvalue weighted by Gasteiger charge is 2.30. The molecule has 4 aromatic rings. The molecule has 1 fully saturated rings. The topological polar surface area (TPSA) is 81.2 Å². The van der Waals surface area contributed by atoms with Crippen LogP contribution in [0.1, 0.15) is 0 Å². The fourth-order valence-corrected chi connectivity index (χ4v) is 3.39. The molecule has 0 saturated carbocycles. The molecule has 0 unspecified atom stereocenters. The van der Waals surface area contributed by atoms with E-state index in [0.29, 0.717) is 12.5 Å². The highest BCUT2D eigenvalue weighted by Crippen LogP contribution is 2.24. The standard InChI is InChI=1S/C19H17N7O/c27-18-5-4-16(15-6-8-20-9-7-15)23-26(18)13-14-11-24(12-14)19-22-21-17-3-1-2-10-25(17)19/h1-10,14H,11-13H2. The molecule has 8 nitrogen and oxygen atoms in total. The van der Waals surface area contributed by atoms with Gasteiger partial charge in [-0.15, -0.1) is 10.2 Å². The molecule has 0 radical (unpaired) electrons. The van der Waals surface area contributed by atoms with Crippen LogP contribution in [-0.2, 0) is 6.54 Å². The van der Waals surface area contributed by atoms with E-state index < -0.39 is 0 Å². The van der Waals surface area contributed by atoms with Crippen LogP contribution in [-0.4, -0.2) is 42.5 Å². The molecule has 134 valence electrons. The Morgan fingerprint density at radius 2 is 1.85 bits per heavy atom. The molecule has 1 aliphatic rings. The Hall–Kier alpha value is -3.55. The summed E-state index contributed by atoms with van der Waals surface area (Å²) in [6, 6.07) is 12.9. The molecule has 0 bridgehead atoms. The lowest BCUT2D eigenvalue weighted by Crippen LogP contribution is -2.50. The second-order valence-corrected chi connectivity index (χ2v) is 6.67. The first-order chi connectivity index (χ1) is 13.3. The number of anilines is 1. The van der Waals surface area contributed by atoms with Crippen molar-refractivity contribution in [3.63, 3.8) is 0 Å². The minimum Gasteiger partial charge on any atom is -0.340 e. The van der Waals surface area contributed by atoms with Gasteiger partial charge in [-0.2, -0.15) is 5.10 Å². The molecule has 0 aliphatic carbocycles. The minimum absolute atomic E-state index is 0.0841. The Morgan fingerprint density at radius 3 is 2.70 bits per heavy atom. The molecule has 8 heteroatoms. The van der Waals surface area contributed by atoms with Crippen molar-refractivity contribution in [3.8, 4) is 11.3 Å². The zero-order chi connectivity index (χ0) is 18.2. The van der Waals surface area contributed by atoms with Crippen molar-refractivity contribution in [1.82, 2.24) is 29.4 Å². The van der Waals surface area contributed by atoms with Crippen LogP contribution in [0.5, 0.6) is 0 Å². The summed E-state index contributed by atoms with van der Waals surface area (Å²) in [6.45, 7) is 2.23. The van der Waals surface area contributed by atoms with Gasteiger partial charge in [0.2, 0.25) is 5.95 Å². The molecule has 5 rings (SSSR count). The Kier molecular flexibility index (Phi) is 3.67. The highest BCUT2D eigenvalue weighted by atomic mass is 16.1. The average Bonchev–Trinajstić information content (AvgIpc) is 3.10. The molecule has 1 aliphatic heterocycles. The highest BCUT2D eigenvalue weighted by molar-refractivity contribution is 5.57. The second kappa shape index (κ2) is 6.31. The molecule has 1 saturated heterocycles. The van der Waals surface area contributed by atoms with Crippen LogP contribution in [0.3, 0.4) is 0 Å². The molecule has 5 heterocycles. The van der Waals surface area contributed by atoms with Crippen LogP contribution in [0, 0.1) is 5.92 Å². The number of nitrogens with zero attached hydrogens (tertiary/aromatic N) is 7. The Balaban J connectivity index is 1.32. The summed E-state index contributed by atoms with van der Waals surface area (Å²) in [6.07, 6.45) is 5.40. The predicted octanol–water partition coefficient (Wildman–Crippen LogP) is 1.48. The van der Waals surface area contributed by atoms with Gasteiger partial charge < -0.3 is 4.90 Å². The lowest BCUT2D eigenvalue weighted by Gasteiger charge is -2.39. The molecule has 27 heavy (non-hydrogen) atoms. The van der Waals surface area contributed by atoms with Crippen molar-refractivity contribution < 1.29 is 0 Å². The van der Waals surface area contributed by atoms with Crippen molar-refractivity contribution in [2.24, 2.45) is 5.92 Å². The van der Waals surface area contributed by atoms with E-state index in [2.05, 4.69) is 25.2 Å². The zero-order valence-corrected chi connectivity index (χ0v) is 14.5. The van der Waals surface area contributed by atoms with E-state index in [1.807, 2.05) is 40.9 Å². The molecule has 0 aromatic carbocycles. The lowest BCUT2D eigenvalue weighted by atomic mass is 10.0. The maximum absolute atomic E-state index is 12.2. The number of hydrogen-bond donors (Lipinski definition) is 0. The van der Waals surface area contributed by atoms with Gasteiger partial charge in [-0.1, -0.05) is 6.07 Å². The van der Waals surface area contributed by atoms with Crippen LogP contribution in [0.4, 0.5) is 5.95 Å².